The van der Waals surface area contributed by atoms with Gasteiger partial charge in [-0.15, -0.1) is 0 Å². The van der Waals surface area contributed by atoms with Crippen LogP contribution in [0, 0.1) is 0 Å². The average Bonchev–Trinajstić information content (AvgIpc) is 2.18. The molecule has 1 heterocycles. The van der Waals surface area contributed by atoms with Crippen molar-refractivity contribution in [3.8, 4) is 0 Å². The van der Waals surface area contributed by atoms with Crippen LogP contribution in [0.5, 0.6) is 0 Å². The SMILES string of the molecule is CCn1cc(N)c(=O)n(CC(F)F)c1=O. The lowest BCUT2D eigenvalue weighted by molar-refractivity contribution is 0.123. The van der Waals surface area contributed by atoms with E-state index in [0.717, 1.165) is 10.8 Å². The highest BCUT2D eigenvalue weighted by Gasteiger charge is 2.12. The van der Waals surface area contributed by atoms with Crippen molar-refractivity contribution in [2.24, 2.45) is 0 Å². The van der Waals surface area contributed by atoms with Gasteiger partial charge in [-0.05, 0) is 6.92 Å². The zero-order chi connectivity index (χ0) is 11.6. The molecule has 0 saturated heterocycles. The standard InChI is InChI=1S/C8H11F2N3O2/c1-2-12-3-5(11)7(14)13(8(12)15)4-6(9)10/h3,6H,2,4,11H2,1H3. The average molecular weight is 219 g/mol. The fraction of sp³-hybridized carbons (Fsp3) is 0.500. The van der Waals surface area contributed by atoms with E-state index < -0.39 is 24.2 Å². The second kappa shape index (κ2) is 4.24. The van der Waals surface area contributed by atoms with E-state index in [1.807, 2.05) is 0 Å². The van der Waals surface area contributed by atoms with Crippen LogP contribution >= 0.6 is 0 Å². The van der Waals surface area contributed by atoms with Gasteiger partial charge in [0.05, 0.1) is 6.54 Å². The summed E-state index contributed by atoms with van der Waals surface area (Å²) in [6, 6.07) is 0. The molecule has 0 atom stereocenters. The summed E-state index contributed by atoms with van der Waals surface area (Å²) < 4.78 is 25.8. The third kappa shape index (κ3) is 2.23. The molecule has 1 rings (SSSR count). The Kier molecular flexibility index (Phi) is 3.23. The smallest absolute Gasteiger partial charge is 0.331 e. The molecule has 0 bridgehead atoms. The Bertz CT molecular complexity index is 464. The molecule has 0 aromatic carbocycles. The molecular formula is C8H11F2N3O2. The van der Waals surface area contributed by atoms with Crippen LogP contribution in [0.2, 0.25) is 0 Å². The highest BCUT2D eigenvalue weighted by Crippen LogP contribution is 1.95. The van der Waals surface area contributed by atoms with E-state index in [0.29, 0.717) is 4.57 Å². The Morgan fingerprint density at radius 1 is 1.47 bits per heavy atom. The van der Waals surface area contributed by atoms with Gasteiger partial charge in [0.2, 0.25) is 0 Å². The van der Waals surface area contributed by atoms with Crippen LogP contribution in [0.1, 0.15) is 6.92 Å². The van der Waals surface area contributed by atoms with E-state index in [1.165, 1.54) is 0 Å². The zero-order valence-corrected chi connectivity index (χ0v) is 8.11. The summed E-state index contributed by atoms with van der Waals surface area (Å²) in [5.41, 5.74) is 3.46. The summed E-state index contributed by atoms with van der Waals surface area (Å²) in [5, 5.41) is 0. The van der Waals surface area contributed by atoms with E-state index in [9.17, 15) is 18.4 Å². The summed E-state index contributed by atoms with van der Waals surface area (Å²) in [6.45, 7) is 0.993. The number of anilines is 1. The molecule has 5 nitrogen and oxygen atoms in total. The second-order valence-electron chi connectivity index (χ2n) is 2.96. The van der Waals surface area contributed by atoms with Crippen LogP contribution in [-0.2, 0) is 13.1 Å². The van der Waals surface area contributed by atoms with Crippen molar-refractivity contribution in [3.05, 3.63) is 27.0 Å². The predicted molar refractivity (Wildman–Crippen MR) is 51.1 cm³/mol. The van der Waals surface area contributed by atoms with Crippen molar-refractivity contribution in [1.82, 2.24) is 9.13 Å². The minimum atomic E-state index is -2.76. The van der Waals surface area contributed by atoms with Crippen LogP contribution in [0.4, 0.5) is 14.5 Å². The quantitative estimate of drug-likeness (QED) is 0.770. The van der Waals surface area contributed by atoms with Crippen molar-refractivity contribution in [2.45, 2.75) is 26.4 Å². The van der Waals surface area contributed by atoms with Gasteiger partial charge in [0.15, 0.2) is 0 Å². The van der Waals surface area contributed by atoms with E-state index in [-0.39, 0.29) is 12.2 Å². The summed E-state index contributed by atoms with van der Waals surface area (Å²) in [7, 11) is 0. The van der Waals surface area contributed by atoms with Crippen molar-refractivity contribution in [2.75, 3.05) is 5.73 Å². The predicted octanol–water partition coefficient (Wildman–Crippen LogP) is -0.123. The summed E-state index contributed by atoms with van der Waals surface area (Å²) >= 11 is 0. The number of hydrogen-bond acceptors (Lipinski definition) is 3. The van der Waals surface area contributed by atoms with Gasteiger partial charge in [-0.25, -0.2) is 13.6 Å². The Hall–Kier alpha value is -1.66. The van der Waals surface area contributed by atoms with E-state index in [1.54, 1.807) is 6.92 Å². The minimum Gasteiger partial charge on any atom is -0.393 e. The summed E-state index contributed by atoms with van der Waals surface area (Å²) in [5.74, 6) is 0. The van der Waals surface area contributed by atoms with Crippen molar-refractivity contribution in [1.29, 1.82) is 0 Å². The first-order chi connectivity index (χ1) is 6.97. The Morgan fingerprint density at radius 3 is 2.53 bits per heavy atom. The molecule has 0 saturated carbocycles. The number of halogens is 2. The molecule has 84 valence electrons. The van der Waals surface area contributed by atoms with Crippen LogP contribution < -0.4 is 17.0 Å². The number of alkyl halides is 2. The molecule has 0 unspecified atom stereocenters. The number of nitrogens with zero attached hydrogens (tertiary/aromatic N) is 2. The van der Waals surface area contributed by atoms with Crippen LogP contribution in [0.15, 0.2) is 15.8 Å². The summed E-state index contributed by atoms with van der Waals surface area (Å²) in [4.78, 5) is 22.7. The number of nitrogens with two attached hydrogens (primary N) is 1. The number of rotatable bonds is 3. The lowest BCUT2D eigenvalue weighted by Crippen LogP contribution is -2.41. The van der Waals surface area contributed by atoms with Gasteiger partial charge in [-0.3, -0.25) is 13.9 Å². The molecule has 0 aliphatic carbocycles. The second-order valence-corrected chi connectivity index (χ2v) is 2.96. The summed E-state index contributed by atoms with van der Waals surface area (Å²) in [6.07, 6.45) is -1.60. The molecule has 7 heteroatoms. The van der Waals surface area contributed by atoms with Gasteiger partial charge in [0.1, 0.15) is 5.69 Å². The lowest BCUT2D eigenvalue weighted by Gasteiger charge is -2.09. The van der Waals surface area contributed by atoms with E-state index in [2.05, 4.69) is 0 Å². The van der Waals surface area contributed by atoms with Crippen molar-refractivity contribution in [3.63, 3.8) is 0 Å². The Morgan fingerprint density at radius 2 is 2.07 bits per heavy atom. The first kappa shape index (κ1) is 11.4. The topological polar surface area (TPSA) is 70.0 Å². The number of hydrogen-bond donors (Lipinski definition) is 1. The molecule has 1 aromatic heterocycles. The Labute approximate surface area is 83.7 Å². The third-order valence-corrected chi connectivity index (χ3v) is 1.92. The maximum atomic E-state index is 12.1. The molecule has 0 aliphatic rings. The largest absolute Gasteiger partial charge is 0.393 e. The van der Waals surface area contributed by atoms with Gasteiger partial charge < -0.3 is 5.73 Å². The van der Waals surface area contributed by atoms with E-state index >= 15 is 0 Å². The molecule has 0 radical (unpaired) electrons. The number of aromatic nitrogens is 2. The molecule has 0 amide bonds. The van der Waals surface area contributed by atoms with Crippen LogP contribution in [0.25, 0.3) is 0 Å². The monoisotopic (exact) mass is 219 g/mol. The zero-order valence-electron chi connectivity index (χ0n) is 8.11. The fourth-order valence-corrected chi connectivity index (χ4v) is 1.20. The highest BCUT2D eigenvalue weighted by molar-refractivity contribution is 5.30. The van der Waals surface area contributed by atoms with Gasteiger partial charge >= 0.3 is 5.69 Å². The highest BCUT2D eigenvalue weighted by atomic mass is 19.3. The maximum Gasteiger partial charge on any atom is 0.331 e. The van der Waals surface area contributed by atoms with Gasteiger partial charge in [-0.2, -0.15) is 0 Å². The third-order valence-electron chi connectivity index (χ3n) is 1.92. The maximum absolute atomic E-state index is 12.1. The normalized spacial score (nSPS) is 10.9. The molecule has 0 spiro atoms. The van der Waals surface area contributed by atoms with Crippen LogP contribution in [0.3, 0.4) is 0 Å². The Balaban J connectivity index is 3.41. The van der Waals surface area contributed by atoms with Crippen molar-refractivity contribution < 1.29 is 8.78 Å². The molecule has 15 heavy (non-hydrogen) atoms. The molecule has 1 aromatic rings. The van der Waals surface area contributed by atoms with Crippen LogP contribution in [-0.4, -0.2) is 15.6 Å². The van der Waals surface area contributed by atoms with E-state index in [4.69, 9.17) is 5.73 Å². The molecule has 2 N–H and O–H groups in total. The number of nitrogen functional groups attached to an aromatic ring is 1. The number of aryl methyl sites for hydroxylation is 1. The first-order valence-electron chi connectivity index (χ1n) is 4.35. The van der Waals surface area contributed by atoms with Gasteiger partial charge in [-0.1, -0.05) is 0 Å². The molecular weight excluding hydrogens is 208 g/mol. The fourth-order valence-electron chi connectivity index (χ4n) is 1.20. The minimum absolute atomic E-state index is 0.211. The first-order valence-corrected chi connectivity index (χ1v) is 4.35. The van der Waals surface area contributed by atoms with Gasteiger partial charge in [0, 0.05) is 12.7 Å². The molecule has 0 fully saturated rings. The lowest BCUT2D eigenvalue weighted by atomic mass is 10.5. The van der Waals surface area contributed by atoms with Gasteiger partial charge in [0.25, 0.3) is 12.0 Å². The van der Waals surface area contributed by atoms with Crippen molar-refractivity contribution >= 4 is 5.69 Å². The molecule has 0 aliphatic heterocycles.